The maximum atomic E-state index is 12.3. The molecule has 0 unspecified atom stereocenters. The highest BCUT2D eigenvalue weighted by Gasteiger charge is 2.33. The fourth-order valence-electron chi connectivity index (χ4n) is 2.23. The topological polar surface area (TPSA) is 217 Å². The molecule has 0 aliphatic carbocycles. The van der Waals surface area contributed by atoms with Crippen LogP contribution in [0.4, 0.5) is 0 Å². The summed E-state index contributed by atoms with van der Waals surface area (Å²) in [5.41, 5.74) is 6.96. The standard InChI is InChI=1S/C17H28N4O10/c18-21-19-6-1-2-13(22)20-17(10-29-7-3-14(23)24,11-30-8-4-15(25)26)12-31-9-5-16(27)28/h1-12H2,(H,20,22)(H,23,24)(H,25,26)(H,27,28). The van der Waals surface area contributed by atoms with Gasteiger partial charge in [-0.05, 0) is 12.0 Å². The van der Waals surface area contributed by atoms with E-state index < -0.39 is 29.4 Å². The average molecular weight is 448 g/mol. The second kappa shape index (κ2) is 16.8. The lowest BCUT2D eigenvalue weighted by molar-refractivity contribution is -0.140. The first-order chi connectivity index (χ1) is 14.7. The van der Waals surface area contributed by atoms with Crippen LogP contribution in [0.1, 0.15) is 32.1 Å². The maximum absolute atomic E-state index is 12.3. The summed E-state index contributed by atoms with van der Waals surface area (Å²) in [5.74, 6) is -3.70. The minimum atomic E-state index is -1.31. The van der Waals surface area contributed by atoms with Gasteiger partial charge >= 0.3 is 17.9 Å². The summed E-state index contributed by atoms with van der Waals surface area (Å²) >= 11 is 0. The highest BCUT2D eigenvalue weighted by Crippen LogP contribution is 2.11. The molecular formula is C17H28N4O10. The number of hydrogen-bond acceptors (Lipinski definition) is 8. The van der Waals surface area contributed by atoms with Crippen LogP contribution in [-0.4, -0.2) is 90.9 Å². The highest BCUT2D eigenvalue weighted by molar-refractivity contribution is 5.76. The van der Waals surface area contributed by atoms with Crippen LogP contribution >= 0.6 is 0 Å². The second-order valence-corrected chi connectivity index (χ2v) is 6.48. The number of azide groups is 1. The van der Waals surface area contributed by atoms with Crippen molar-refractivity contribution in [3.05, 3.63) is 10.4 Å². The van der Waals surface area contributed by atoms with Crippen molar-refractivity contribution in [2.75, 3.05) is 46.2 Å². The average Bonchev–Trinajstić information content (AvgIpc) is 2.69. The summed E-state index contributed by atoms with van der Waals surface area (Å²) in [6.07, 6.45) is -0.576. The Morgan fingerprint density at radius 2 is 1.23 bits per heavy atom. The Hall–Kier alpha value is -2.93. The monoisotopic (exact) mass is 448 g/mol. The predicted molar refractivity (Wildman–Crippen MR) is 103 cm³/mol. The lowest BCUT2D eigenvalue weighted by Gasteiger charge is -2.34. The van der Waals surface area contributed by atoms with Crippen LogP contribution in [0.15, 0.2) is 5.11 Å². The third-order valence-corrected chi connectivity index (χ3v) is 3.65. The molecule has 31 heavy (non-hydrogen) atoms. The Kier molecular flexibility index (Phi) is 15.2. The molecular weight excluding hydrogens is 420 g/mol. The van der Waals surface area contributed by atoms with Gasteiger partial charge in [0.15, 0.2) is 0 Å². The molecule has 0 aromatic rings. The number of carboxylic acids is 3. The van der Waals surface area contributed by atoms with Crippen LogP contribution in [0.3, 0.4) is 0 Å². The van der Waals surface area contributed by atoms with Gasteiger partial charge in [0.25, 0.3) is 0 Å². The van der Waals surface area contributed by atoms with Gasteiger partial charge in [0, 0.05) is 17.9 Å². The van der Waals surface area contributed by atoms with Gasteiger partial charge in [-0.1, -0.05) is 5.11 Å². The van der Waals surface area contributed by atoms with Crippen LogP contribution in [0.2, 0.25) is 0 Å². The molecule has 0 heterocycles. The van der Waals surface area contributed by atoms with Gasteiger partial charge < -0.3 is 34.8 Å². The number of aliphatic carboxylic acids is 3. The van der Waals surface area contributed by atoms with Crippen LogP contribution in [0, 0.1) is 0 Å². The van der Waals surface area contributed by atoms with Gasteiger partial charge in [-0.15, -0.1) is 0 Å². The first-order valence-corrected chi connectivity index (χ1v) is 9.41. The lowest BCUT2D eigenvalue weighted by Crippen LogP contribution is -2.58. The molecule has 1 amide bonds. The zero-order valence-corrected chi connectivity index (χ0v) is 17.0. The number of nitrogens with zero attached hydrogens (tertiary/aromatic N) is 3. The van der Waals surface area contributed by atoms with Gasteiger partial charge in [0.05, 0.1) is 58.9 Å². The van der Waals surface area contributed by atoms with Gasteiger partial charge in [-0.25, -0.2) is 0 Å². The molecule has 14 nitrogen and oxygen atoms in total. The van der Waals surface area contributed by atoms with Crippen molar-refractivity contribution in [1.29, 1.82) is 0 Å². The third-order valence-electron chi connectivity index (χ3n) is 3.65. The molecule has 0 bridgehead atoms. The molecule has 0 rings (SSSR count). The summed E-state index contributed by atoms with van der Waals surface area (Å²) in [4.78, 5) is 47.0. The smallest absolute Gasteiger partial charge is 0.305 e. The number of amides is 1. The van der Waals surface area contributed by atoms with Crippen LogP contribution in [0.5, 0.6) is 0 Å². The van der Waals surface area contributed by atoms with E-state index in [2.05, 4.69) is 15.3 Å². The number of nitrogens with one attached hydrogen (secondary N) is 1. The van der Waals surface area contributed by atoms with E-state index in [1.54, 1.807) is 0 Å². The highest BCUT2D eigenvalue weighted by atomic mass is 16.5. The van der Waals surface area contributed by atoms with E-state index in [1.807, 2.05) is 0 Å². The van der Waals surface area contributed by atoms with Crippen molar-refractivity contribution >= 4 is 23.8 Å². The number of carbonyl (C=O) groups excluding carboxylic acids is 1. The molecule has 0 spiro atoms. The summed E-state index contributed by atoms with van der Waals surface area (Å²) in [7, 11) is 0. The number of carboxylic acid groups (broad SMARTS) is 3. The van der Waals surface area contributed by atoms with Gasteiger partial charge in [0.1, 0.15) is 5.54 Å². The largest absolute Gasteiger partial charge is 0.481 e. The summed E-state index contributed by atoms with van der Waals surface area (Å²) in [5, 5.41) is 32.2. The van der Waals surface area contributed by atoms with E-state index in [1.165, 1.54) is 0 Å². The molecule has 4 N–H and O–H groups in total. The molecule has 0 aromatic carbocycles. The van der Waals surface area contributed by atoms with Gasteiger partial charge in [-0.3, -0.25) is 19.2 Å². The minimum Gasteiger partial charge on any atom is -0.481 e. The molecule has 0 fully saturated rings. The summed E-state index contributed by atoms with van der Waals surface area (Å²) < 4.78 is 16.1. The van der Waals surface area contributed by atoms with E-state index >= 15 is 0 Å². The van der Waals surface area contributed by atoms with Gasteiger partial charge in [-0.2, -0.15) is 0 Å². The van der Waals surface area contributed by atoms with Crippen molar-refractivity contribution in [3.63, 3.8) is 0 Å². The summed E-state index contributed by atoms with van der Waals surface area (Å²) in [6, 6.07) is 0. The van der Waals surface area contributed by atoms with Crippen molar-refractivity contribution < 1.29 is 48.7 Å². The van der Waals surface area contributed by atoms with Crippen molar-refractivity contribution in [3.8, 4) is 0 Å². The SMILES string of the molecule is [N-]=[N+]=NCCCC(=O)NC(COCCC(=O)O)(COCCC(=O)O)COCCC(=O)O. The maximum Gasteiger partial charge on any atom is 0.305 e. The molecule has 0 atom stereocenters. The van der Waals surface area contributed by atoms with Crippen LogP contribution in [0.25, 0.3) is 10.4 Å². The minimum absolute atomic E-state index is 0.000147. The molecule has 0 saturated carbocycles. The molecule has 0 aromatic heterocycles. The number of rotatable bonds is 20. The number of hydrogen-bond donors (Lipinski definition) is 4. The normalized spacial score (nSPS) is 10.8. The molecule has 0 radical (unpaired) electrons. The van der Waals surface area contributed by atoms with Gasteiger partial charge in [0.2, 0.25) is 5.91 Å². The van der Waals surface area contributed by atoms with E-state index in [-0.39, 0.29) is 78.3 Å². The fourth-order valence-corrected chi connectivity index (χ4v) is 2.23. The van der Waals surface area contributed by atoms with Crippen molar-refractivity contribution in [1.82, 2.24) is 5.32 Å². The molecule has 0 aliphatic heterocycles. The predicted octanol–water partition coefficient (Wildman–Crippen LogP) is 0.406. The van der Waals surface area contributed by atoms with Crippen molar-refractivity contribution in [2.45, 2.75) is 37.6 Å². The van der Waals surface area contributed by atoms with E-state index in [0.717, 1.165) is 0 Å². The van der Waals surface area contributed by atoms with E-state index in [9.17, 15) is 19.2 Å². The number of carbonyl (C=O) groups is 4. The Balaban J connectivity index is 5.16. The zero-order chi connectivity index (χ0) is 23.5. The van der Waals surface area contributed by atoms with Crippen LogP contribution in [-0.2, 0) is 33.4 Å². The third kappa shape index (κ3) is 16.5. The zero-order valence-electron chi connectivity index (χ0n) is 17.0. The Morgan fingerprint density at radius 1 is 0.806 bits per heavy atom. The van der Waals surface area contributed by atoms with Crippen molar-refractivity contribution in [2.24, 2.45) is 5.11 Å². The number of ether oxygens (including phenoxy) is 3. The molecule has 0 aliphatic rings. The fraction of sp³-hybridized carbons (Fsp3) is 0.765. The lowest BCUT2D eigenvalue weighted by atomic mass is 10.0. The summed E-state index contributed by atoms with van der Waals surface area (Å²) in [6.45, 7) is -1.03. The molecule has 14 heteroatoms. The molecule has 176 valence electrons. The van der Waals surface area contributed by atoms with Crippen LogP contribution < -0.4 is 5.32 Å². The Bertz CT molecular complexity index is 581. The second-order valence-electron chi connectivity index (χ2n) is 6.48. The Labute approximate surface area is 178 Å². The first kappa shape index (κ1) is 28.1. The van der Waals surface area contributed by atoms with E-state index in [0.29, 0.717) is 0 Å². The Morgan fingerprint density at radius 3 is 1.58 bits per heavy atom. The van der Waals surface area contributed by atoms with E-state index in [4.69, 9.17) is 35.1 Å². The molecule has 0 saturated heterocycles. The first-order valence-electron chi connectivity index (χ1n) is 9.41. The quantitative estimate of drug-likeness (QED) is 0.0869.